The Bertz CT molecular complexity index is 1100. The van der Waals surface area contributed by atoms with Gasteiger partial charge in [0.25, 0.3) is 5.91 Å². The maximum Gasteiger partial charge on any atom is 0.416 e. The molecule has 5 nitrogen and oxygen atoms in total. The monoisotopic (exact) mass is 428 g/mol. The fourth-order valence-electron chi connectivity index (χ4n) is 3.15. The molecule has 0 aromatic heterocycles. The van der Waals surface area contributed by atoms with Crippen LogP contribution in [-0.2, 0) is 12.7 Å². The van der Waals surface area contributed by atoms with Gasteiger partial charge in [0.1, 0.15) is 0 Å². The van der Waals surface area contributed by atoms with Crippen molar-refractivity contribution in [1.82, 2.24) is 0 Å². The number of anilines is 2. The molecule has 0 radical (unpaired) electrons. The number of nitrogens with one attached hydrogen (secondary N) is 1. The van der Waals surface area contributed by atoms with Crippen molar-refractivity contribution in [2.24, 2.45) is 0 Å². The molecule has 0 atom stereocenters. The lowest BCUT2D eigenvalue weighted by Crippen LogP contribution is -2.22. The summed E-state index contributed by atoms with van der Waals surface area (Å²) in [6.45, 7) is 0.390. The van der Waals surface area contributed by atoms with Gasteiger partial charge in [-0.2, -0.15) is 13.2 Å². The first kappa shape index (κ1) is 21.9. The van der Waals surface area contributed by atoms with Crippen molar-refractivity contribution in [3.8, 4) is 0 Å². The molecule has 3 aromatic carbocycles. The first-order chi connectivity index (χ1) is 14.7. The SMILES string of the molecule is CN(Cc1ccccc1)c1ccc(C(F)(F)F)cc1NC(=O)c1ccccc1C(=O)O. The van der Waals surface area contributed by atoms with E-state index in [0.29, 0.717) is 12.2 Å². The van der Waals surface area contributed by atoms with Crippen molar-refractivity contribution >= 4 is 23.3 Å². The van der Waals surface area contributed by atoms with Crippen LogP contribution < -0.4 is 10.2 Å². The third kappa shape index (κ3) is 5.22. The van der Waals surface area contributed by atoms with Crippen LogP contribution in [0.1, 0.15) is 31.8 Å². The first-order valence-corrected chi connectivity index (χ1v) is 9.27. The zero-order chi connectivity index (χ0) is 22.6. The molecule has 2 N–H and O–H groups in total. The van der Waals surface area contributed by atoms with E-state index < -0.39 is 23.6 Å². The molecule has 8 heteroatoms. The Balaban J connectivity index is 1.98. The summed E-state index contributed by atoms with van der Waals surface area (Å²) in [5, 5.41) is 11.8. The Labute approximate surface area is 176 Å². The smallest absolute Gasteiger partial charge is 0.416 e. The normalized spacial score (nSPS) is 11.1. The summed E-state index contributed by atoms with van der Waals surface area (Å²) < 4.78 is 39.8. The summed E-state index contributed by atoms with van der Waals surface area (Å²) in [6, 6.07) is 17.9. The molecule has 31 heavy (non-hydrogen) atoms. The number of halogens is 3. The van der Waals surface area contributed by atoms with Crippen molar-refractivity contribution in [3.05, 3.63) is 95.1 Å². The van der Waals surface area contributed by atoms with Crippen molar-refractivity contribution in [3.63, 3.8) is 0 Å². The topological polar surface area (TPSA) is 69.6 Å². The Kier molecular flexibility index (Phi) is 6.29. The van der Waals surface area contributed by atoms with Gasteiger partial charge in [-0.3, -0.25) is 4.79 Å². The van der Waals surface area contributed by atoms with Crippen LogP contribution in [0.3, 0.4) is 0 Å². The van der Waals surface area contributed by atoms with Crippen LogP contribution in [0.25, 0.3) is 0 Å². The van der Waals surface area contributed by atoms with Crippen LogP contribution in [0.15, 0.2) is 72.8 Å². The third-order valence-electron chi connectivity index (χ3n) is 4.65. The Morgan fingerprint density at radius 1 is 0.935 bits per heavy atom. The second-order valence-electron chi connectivity index (χ2n) is 6.88. The van der Waals surface area contributed by atoms with Crippen LogP contribution in [0.4, 0.5) is 24.5 Å². The molecule has 3 aromatic rings. The van der Waals surface area contributed by atoms with Crippen molar-refractivity contribution < 1.29 is 27.9 Å². The van der Waals surface area contributed by atoms with E-state index in [-0.39, 0.29) is 16.8 Å². The molecule has 0 aliphatic carbocycles. The number of rotatable bonds is 6. The maximum atomic E-state index is 13.3. The average Bonchev–Trinajstić information content (AvgIpc) is 2.73. The number of hydrogen-bond acceptors (Lipinski definition) is 3. The molecular weight excluding hydrogens is 409 g/mol. The number of carboxylic acids is 1. The van der Waals surface area contributed by atoms with E-state index in [1.807, 2.05) is 30.3 Å². The summed E-state index contributed by atoms with van der Waals surface area (Å²) in [4.78, 5) is 25.9. The molecule has 0 aliphatic rings. The molecular formula is C23H19F3N2O3. The van der Waals surface area contributed by atoms with Gasteiger partial charge < -0.3 is 15.3 Å². The third-order valence-corrected chi connectivity index (χ3v) is 4.65. The number of amides is 1. The minimum absolute atomic E-state index is 0.0709. The van der Waals surface area contributed by atoms with E-state index in [1.165, 1.54) is 30.3 Å². The molecule has 160 valence electrons. The summed E-state index contributed by atoms with van der Waals surface area (Å²) in [7, 11) is 1.69. The fraction of sp³-hybridized carbons (Fsp3) is 0.130. The van der Waals surface area contributed by atoms with Crippen molar-refractivity contribution in [1.29, 1.82) is 0 Å². The Morgan fingerprint density at radius 3 is 2.16 bits per heavy atom. The number of carbonyl (C=O) groups is 2. The van der Waals surface area contributed by atoms with Gasteiger partial charge in [-0.05, 0) is 35.9 Å². The van der Waals surface area contributed by atoms with E-state index in [2.05, 4.69) is 5.32 Å². The van der Waals surface area contributed by atoms with E-state index >= 15 is 0 Å². The van der Waals surface area contributed by atoms with Crippen molar-refractivity contribution in [2.45, 2.75) is 12.7 Å². The van der Waals surface area contributed by atoms with Gasteiger partial charge in [-0.1, -0.05) is 42.5 Å². The predicted molar refractivity (Wildman–Crippen MR) is 111 cm³/mol. The zero-order valence-electron chi connectivity index (χ0n) is 16.5. The lowest BCUT2D eigenvalue weighted by molar-refractivity contribution is -0.137. The van der Waals surface area contributed by atoms with Crippen molar-refractivity contribution in [2.75, 3.05) is 17.3 Å². The quantitative estimate of drug-likeness (QED) is 0.560. The molecule has 0 saturated carbocycles. The minimum Gasteiger partial charge on any atom is -0.478 e. The molecule has 0 bridgehead atoms. The molecule has 0 heterocycles. The second-order valence-corrected chi connectivity index (χ2v) is 6.88. The zero-order valence-corrected chi connectivity index (χ0v) is 16.5. The summed E-state index contributed by atoms with van der Waals surface area (Å²) in [5.41, 5.74) is -0.101. The van der Waals surface area contributed by atoms with Crippen LogP contribution in [0, 0.1) is 0 Å². The summed E-state index contributed by atoms with van der Waals surface area (Å²) in [6.07, 6.45) is -4.60. The number of carboxylic acid groups (broad SMARTS) is 1. The number of aromatic carboxylic acids is 1. The van der Waals surface area contributed by atoms with E-state index in [1.54, 1.807) is 11.9 Å². The highest BCUT2D eigenvalue weighted by Gasteiger charge is 2.31. The first-order valence-electron chi connectivity index (χ1n) is 9.27. The number of hydrogen-bond donors (Lipinski definition) is 2. The lowest BCUT2D eigenvalue weighted by atomic mass is 10.1. The van der Waals surface area contributed by atoms with Gasteiger partial charge in [0, 0.05) is 13.6 Å². The molecule has 0 unspecified atom stereocenters. The van der Waals surface area contributed by atoms with Gasteiger partial charge in [-0.15, -0.1) is 0 Å². The molecule has 0 spiro atoms. The highest BCUT2D eigenvalue weighted by molar-refractivity contribution is 6.11. The van der Waals surface area contributed by atoms with Gasteiger partial charge in [0.2, 0.25) is 0 Å². The van der Waals surface area contributed by atoms with Crippen LogP contribution in [-0.4, -0.2) is 24.0 Å². The number of nitrogens with zero attached hydrogens (tertiary/aromatic N) is 1. The van der Waals surface area contributed by atoms with E-state index in [9.17, 15) is 27.9 Å². The van der Waals surface area contributed by atoms with E-state index in [0.717, 1.165) is 17.7 Å². The standard InChI is InChI=1S/C23H19F3N2O3/c1-28(14-15-7-3-2-4-8-15)20-12-11-16(23(24,25)26)13-19(20)27-21(29)17-9-5-6-10-18(17)22(30)31/h2-13H,14H2,1H3,(H,27,29)(H,30,31). The predicted octanol–water partition coefficient (Wildman–Crippen LogP) is 5.29. The number of alkyl halides is 3. The van der Waals surface area contributed by atoms with Crippen LogP contribution in [0.5, 0.6) is 0 Å². The van der Waals surface area contributed by atoms with Gasteiger partial charge in [0.15, 0.2) is 0 Å². The van der Waals surface area contributed by atoms with Gasteiger partial charge in [-0.25, -0.2) is 4.79 Å². The number of benzene rings is 3. The van der Waals surface area contributed by atoms with E-state index in [4.69, 9.17) is 0 Å². The molecule has 0 aliphatic heterocycles. The highest BCUT2D eigenvalue weighted by Crippen LogP contribution is 2.36. The molecule has 1 amide bonds. The average molecular weight is 428 g/mol. The Morgan fingerprint density at radius 2 is 1.55 bits per heavy atom. The summed E-state index contributed by atoms with van der Waals surface area (Å²) >= 11 is 0. The minimum atomic E-state index is -4.60. The number of carbonyl (C=O) groups excluding carboxylic acids is 1. The Hall–Kier alpha value is -3.81. The van der Waals surface area contributed by atoms with Gasteiger partial charge >= 0.3 is 12.1 Å². The van der Waals surface area contributed by atoms with Crippen LogP contribution >= 0.6 is 0 Å². The van der Waals surface area contributed by atoms with Crippen LogP contribution in [0.2, 0.25) is 0 Å². The molecule has 0 fully saturated rings. The highest BCUT2D eigenvalue weighted by atomic mass is 19.4. The second kappa shape index (κ2) is 8.91. The molecule has 0 saturated heterocycles. The van der Waals surface area contributed by atoms with Gasteiger partial charge in [0.05, 0.1) is 28.1 Å². The largest absolute Gasteiger partial charge is 0.478 e. The lowest BCUT2D eigenvalue weighted by Gasteiger charge is -2.24. The molecule has 3 rings (SSSR count). The fourth-order valence-corrected chi connectivity index (χ4v) is 3.15. The maximum absolute atomic E-state index is 13.3. The summed E-state index contributed by atoms with van der Waals surface area (Å²) in [5.74, 6) is -2.12.